The van der Waals surface area contributed by atoms with Crippen molar-refractivity contribution in [3.05, 3.63) is 48.0 Å². The number of hydrogen-bond donors (Lipinski definition) is 0. The van der Waals surface area contributed by atoms with Crippen LogP contribution in [0.15, 0.2) is 42.5 Å². The van der Waals surface area contributed by atoms with Gasteiger partial charge in [0, 0.05) is 0 Å². The summed E-state index contributed by atoms with van der Waals surface area (Å²) in [6.07, 6.45) is 0.864. The molecule has 2 nitrogen and oxygen atoms in total. The first-order valence-corrected chi connectivity index (χ1v) is 6.77. The molecule has 19 heavy (non-hydrogen) atoms. The number of fused-ring (bicyclic) bond motifs is 1. The second kappa shape index (κ2) is 4.68. The van der Waals surface area contributed by atoms with Crippen LogP contribution in [-0.4, -0.2) is 13.2 Å². The minimum absolute atomic E-state index is 0.0204. The Balaban J connectivity index is 2.20. The van der Waals surface area contributed by atoms with Gasteiger partial charge in [0.2, 0.25) is 0 Å². The third kappa shape index (κ3) is 1.74. The smallest absolute Gasteiger partial charge is 0.0666 e. The van der Waals surface area contributed by atoms with Crippen LogP contribution in [0.5, 0.6) is 0 Å². The van der Waals surface area contributed by atoms with Crippen molar-refractivity contribution in [2.24, 2.45) is 5.92 Å². The average Bonchev–Trinajstić information content (AvgIpc) is 2.42. The van der Waals surface area contributed by atoms with Crippen molar-refractivity contribution in [2.75, 3.05) is 13.2 Å². The molecule has 96 valence electrons. The first kappa shape index (κ1) is 12.2. The summed E-state index contributed by atoms with van der Waals surface area (Å²) < 4.78 is 5.48. The molecule has 0 saturated carbocycles. The highest BCUT2D eigenvalue weighted by molar-refractivity contribution is 5.87. The van der Waals surface area contributed by atoms with Crippen LogP contribution in [0.25, 0.3) is 10.8 Å². The molecule has 1 atom stereocenters. The van der Waals surface area contributed by atoms with Crippen LogP contribution in [0.2, 0.25) is 0 Å². The van der Waals surface area contributed by atoms with Crippen LogP contribution in [0.4, 0.5) is 0 Å². The van der Waals surface area contributed by atoms with E-state index < -0.39 is 0 Å². The zero-order valence-electron chi connectivity index (χ0n) is 11.1. The molecule has 0 bridgehead atoms. The zero-order chi connectivity index (χ0) is 13.3. The number of ether oxygens (including phenoxy) is 1. The topological polar surface area (TPSA) is 33.0 Å². The van der Waals surface area contributed by atoms with Gasteiger partial charge in [-0.1, -0.05) is 49.4 Å². The van der Waals surface area contributed by atoms with E-state index in [1.165, 1.54) is 16.3 Å². The Morgan fingerprint density at radius 2 is 1.95 bits per heavy atom. The molecule has 1 fully saturated rings. The van der Waals surface area contributed by atoms with E-state index in [2.05, 4.69) is 55.5 Å². The van der Waals surface area contributed by atoms with Crippen LogP contribution in [0.3, 0.4) is 0 Å². The third-order valence-corrected chi connectivity index (χ3v) is 4.28. The summed E-state index contributed by atoms with van der Waals surface area (Å²) in [7, 11) is 0. The molecule has 0 radical (unpaired) electrons. The van der Waals surface area contributed by atoms with E-state index in [1.54, 1.807) is 0 Å². The summed E-state index contributed by atoms with van der Waals surface area (Å²) in [4.78, 5) is 0. The fourth-order valence-electron chi connectivity index (χ4n) is 3.13. The van der Waals surface area contributed by atoms with E-state index in [1.807, 2.05) is 0 Å². The molecule has 2 aromatic carbocycles. The summed E-state index contributed by atoms with van der Waals surface area (Å²) >= 11 is 0. The standard InChI is InChI=1S/C17H17NO/c1-2-14(10-18)17(11-19-12-17)16-9-5-7-13-6-3-4-8-15(13)16/h3-9,14H,2,11-12H2,1H3. The van der Waals surface area contributed by atoms with E-state index in [4.69, 9.17) is 4.74 Å². The second-order valence-corrected chi connectivity index (χ2v) is 5.27. The van der Waals surface area contributed by atoms with Crippen molar-refractivity contribution in [3.8, 4) is 6.07 Å². The van der Waals surface area contributed by atoms with Crippen LogP contribution in [-0.2, 0) is 10.2 Å². The molecule has 1 unspecified atom stereocenters. The quantitative estimate of drug-likeness (QED) is 0.834. The lowest BCUT2D eigenvalue weighted by atomic mass is 9.67. The van der Waals surface area contributed by atoms with Gasteiger partial charge in [0.15, 0.2) is 0 Å². The van der Waals surface area contributed by atoms with Crippen molar-refractivity contribution >= 4 is 10.8 Å². The fourth-order valence-corrected chi connectivity index (χ4v) is 3.13. The van der Waals surface area contributed by atoms with Gasteiger partial charge in [-0.3, -0.25) is 0 Å². The molecule has 1 saturated heterocycles. The van der Waals surface area contributed by atoms with Gasteiger partial charge in [-0.05, 0) is 22.8 Å². The Bertz CT molecular complexity index is 632. The Morgan fingerprint density at radius 3 is 2.58 bits per heavy atom. The molecule has 2 aromatic rings. The third-order valence-electron chi connectivity index (χ3n) is 4.28. The summed E-state index contributed by atoms with van der Waals surface area (Å²) in [5.41, 5.74) is 1.15. The van der Waals surface area contributed by atoms with Gasteiger partial charge < -0.3 is 4.74 Å². The lowest BCUT2D eigenvalue weighted by molar-refractivity contribution is -0.0797. The predicted octanol–water partition coefficient (Wildman–Crippen LogP) is 3.66. The summed E-state index contributed by atoms with van der Waals surface area (Å²) in [6.45, 7) is 3.40. The fraction of sp³-hybridized carbons (Fsp3) is 0.353. The molecular weight excluding hydrogens is 234 g/mol. The maximum atomic E-state index is 9.45. The second-order valence-electron chi connectivity index (χ2n) is 5.27. The molecule has 1 aliphatic rings. The minimum atomic E-state index is -0.121. The number of benzene rings is 2. The molecule has 0 aliphatic carbocycles. The first-order valence-electron chi connectivity index (χ1n) is 6.77. The molecule has 0 spiro atoms. The van der Waals surface area contributed by atoms with Gasteiger partial charge in [0.1, 0.15) is 0 Å². The summed E-state index contributed by atoms with van der Waals surface area (Å²) in [5.74, 6) is 0.0204. The van der Waals surface area contributed by atoms with Gasteiger partial charge in [-0.25, -0.2) is 0 Å². The van der Waals surface area contributed by atoms with Crippen LogP contribution in [0.1, 0.15) is 18.9 Å². The monoisotopic (exact) mass is 251 g/mol. The van der Waals surface area contributed by atoms with Crippen LogP contribution < -0.4 is 0 Å². The lowest BCUT2D eigenvalue weighted by Crippen LogP contribution is -2.52. The highest BCUT2D eigenvalue weighted by atomic mass is 16.5. The number of hydrogen-bond acceptors (Lipinski definition) is 2. The maximum absolute atomic E-state index is 9.45. The largest absolute Gasteiger partial charge is 0.379 e. The van der Waals surface area contributed by atoms with E-state index in [0.717, 1.165) is 6.42 Å². The summed E-state index contributed by atoms with van der Waals surface area (Å²) in [6, 6.07) is 17.2. The molecule has 2 heteroatoms. The van der Waals surface area contributed by atoms with Crippen molar-refractivity contribution in [1.82, 2.24) is 0 Å². The zero-order valence-corrected chi connectivity index (χ0v) is 11.1. The molecule has 0 aromatic heterocycles. The van der Waals surface area contributed by atoms with Gasteiger partial charge in [0.05, 0.1) is 30.6 Å². The van der Waals surface area contributed by atoms with E-state index >= 15 is 0 Å². The van der Waals surface area contributed by atoms with Crippen LogP contribution >= 0.6 is 0 Å². The molecule has 1 aliphatic heterocycles. The molecular formula is C17H17NO. The SMILES string of the molecule is CCC(C#N)C1(c2cccc3ccccc23)COC1. The normalized spacial score (nSPS) is 18.5. The Labute approximate surface area is 113 Å². The summed E-state index contributed by atoms with van der Waals surface area (Å²) in [5, 5.41) is 11.9. The maximum Gasteiger partial charge on any atom is 0.0666 e. The highest BCUT2D eigenvalue weighted by Gasteiger charge is 2.47. The number of nitrogens with zero attached hydrogens (tertiary/aromatic N) is 1. The molecule has 0 N–H and O–H groups in total. The molecule has 1 heterocycles. The predicted molar refractivity (Wildman–Crippen MR) is 75.8 cm³/mol. The Morgan fingerprint density at radius 1 is 1.21 bits per heavy atom. The number of rotatable bonds is 3. The van der Waals surface area contributed by atoms with E-state index in [0.29, 0.717) is 13.2 Å². The van der Waals surface area contributed by atoms with Gasteiger partial charge in [0.25, 0.3) is 0 Å². The van der Waals surface area contributed by atoms with Gasteiger partial charge in [-0.2, -0.15) is 5.26 Å². The molecule has 0 amide bonds. The number of nitriles is 1. The first-order chi connectivity index (χ1) is 9.31. The van der Waals surface area contributed by atoms with E-state index in [9.17, 15) is 5.26 Å². The van der Waals surface area contributed by atoms with Gasteiger partial charge >= 0.3 is 0 Å². The minimum Gasteiger partial charge on any atom is -0.379 e. The van der Waals surface area contributed by atoms with Crippen molar-refractivity contribution in [1.29, 1.82) is 5.26 Å². The Kier molecular flexibility index (Phi) is 3.00. The van der Waals surface area contributed by atoms with Crippen molar-refractivity contribution < 1.29 is 4.74 Å². The van der Waals surface area contributed by atoms with Crippen molar-refractivity contribution in [3.63, 3.8) is 0 Å². The lowest BCUT2D eigenvalue weighted by Gasteiger charge is -2.45. The Hall–Kier alpha value is -1.85. The highest BCUT2D eigenvalue weighted by Crippen LogP contribution is 2.43. The van der Waals surface area contributed by atoms with E-state index in [-0.39, 0.29) is 11.3 Å². The molecule has 3 rings (SSSR count). The van der Waals surface area contributed by atoms with Crippen molar-refractivity contribution in [2.45, 2.75) is 18.8 Å². The van der Waals surface area contributed by atoms with Crippen LogP contribution in [0, 0.1) is 17.2 Å². The van der Waals surface area contributed by atoms with Gasteiger partial charge in [-0.15, -0.1) is 0 Å². The average molecular weight is 251 g/mol.